The molecule has 0 aromatic carbocycles. The first-order chi connectivity index (χ1) is 8.69. The molecule has 0 radical (unpaired) electrons. The highest BCUT2D eigenvalue weighted by Gasteiger charge is 2.13. The lowest BCUT2D eigenvalue weighted by molar-refractivity contribution is 0.897. The maximum Gasteiger partial charge on any atom is 0.253 e. The summed E-state index contributed by atoms with van der Waals surface area (Å²) in [5, 5.41) is 0.433. The molecule has 2 rings (SSSR count). The lowest BCUT2D eigenvalue weighted by atomic mass is 10.2. The summed E-state index contributed by atoms with van der Waals surface area (Å²) in [6.07, 6.45) is 3.44. The van der Waals surface area contributed by atoms with Crippen LogP contribution in [-0.4, -0.2) is 21.5 Å². The van der Waals surface area contributed by atoms with Crippen molar-refractivity contribution in [1.29, 1.82) is 0 Å². The maximum absolute atomic E-state index is 11.3. The van der Waals surface area contributed by atoms with Crippen LogP contribution in [0.2, 0.25) is 0 Å². The molecular formula is C11H13N5OS. The molecule has 2 aromatic rings. The van der Waals surface area contributed by atoms with Crippen LogP contribution in [0, 0.1) is 0 Å². The number of nitrogens with two attached hydrogens (primary N) is 2. The van der Waals surface area contributed by atoms with E-state index in [9.17, 15) is 4.79 Å². The Labute approximate surface area is 108 Å². The second-order valence-electron chi connectivity index (χ2n) is 3.60. The number of hydrogen-bond donors (Lipinski definition) is 3. The fraction of sp³-hybridized carbons (Fsp3) is 0.182. The third-order valence-corrected chi connectivity index (χ3v) is 3.43. The predicted molar refractivity (Wildman–Crippen MR) is 71.2 cm³/mol. The van der Waals surface area contributed by atoms with Gasteiger partial charge in [-0.25, -0.2) is 4.98 Å². The van der Waals surface area contributed by atoms with E-state index in [1.54, 1.807) is 12.4 Å². The number of rotatable bonds is 4. The zero-order valence-electron chi connectivity index (χ0n) is 9.54. The molecule has 0 bridgehead atoms. The largest absolute Gasteiger partial charge is 0.383 e. The van der Waals surface area contributed by atoms with Gasteiger partial charge >= 0.3 is 0 Å². The van der Waals surface area contributed by atoms with Crippen molar-refractivity contribution in [3.8, 4) is 0 Å². The van der Waals surface area contributed by atoms with Crippen LogP contribution in [0.3, 0.4) is 0 Å². The van der Waals surface area contributed by atoms with Crippen molar-refractivity contribution in [3.05, 3.63) is 46.5 Å². The first kappa shape index (κ1) is 12.6. The molecule has 0 saturated heterocycles. The molecule has 0 aliphatic heterocycles. The second kappa shape index (κ2) is 5.65. The van der Waals surface area contributed by atoms with Gasteiger partial charge in [0.2, 0.25) is 0 Å². The van der Waals surface area contributed by atoms with Gasteiger partial charge in [0.05, 0.1) is 5.25 Å². The average Bonchev–Trinajstić information content (AvgIpc) is 2.36. The van der Waals surface area contributed by atoms with Crippen molar-refractivity contribution in [1.82, 2.24) is 15.0 Å². The molecule has 18 heavy (non-hydrogen) atoms. The Morgan fingerprint density at radius 1 is 1.50 bits per heavy atom. The van der Waals surface area contributed by atoms with E-state index >= 15 is 0 Å². The Bertz CT molecular complexity index is 571. The number of pyridine rings is 1. The number of nitrogens with one attached hydrogen (secondary N) is 1. The third kappa shape index (κ3) is 3.08. The van der Waals surface area contributed by atoms with Crippen LogP contribution >= 0.6 is 11.8 Å². The Balaban J connectivity index is 2.23. The van der Waals surface area contributed by atoms with Crippen LogP contribution in [0.15, 0.2) is 40.5 Å². The van der Waals surface area contributed by atoms with Crippen molar-refractivity contribution < 1.29 is 0 Å². The van der Waals surface area contributed by atoms with Gasteiger partial charge in [0.25, 0.3) is 5.56 Å². The minimum atomic E-state index is -0.271. The number of thioether (sulfide) groups is 1. The maximum atomic E-state index is 11.3. The van der Waals surface area contributed by atoms with E-state index in [2.05, 4.69) is 15.0 Å². The van der Waals surface area contributed by atoms with Gasteiger partial charge < -0.3 is 16.5 Å². The molecule has 5 N–H and O–H groups in total. The molecule has 0 spiro atoms. The van der Waals surface area contributed by atoms with E-state index in [0.717, 1.165) is 5.56 Å². The molecule has 0 aliphatic rings. The number of nitrogens with zero attached hydrogens (tertiary/aromatic N) is 2. The Morgan fingerprint density at radius 3 is 2.94 bits per heavy atom. The van der Waals surface area contributed by atoms with Crippen LogP contribution in [0.1, 0.15) is 10.8 Å². The lowest BCUT2D eigenvalue weighted by Gasteiger charge is -2.13. The van der Waals surface area contributed by atoms with Crippen LogP contribution in [0.5, 0.6) is 0 Å². The van der Waals surface area contributed by atoms with Gasteiger partial charge in [-0.1, -0.05) is 17.8 Å². The highest BCUT2D eigenvalue weighted by molar-refractivity contribution is 7.99. The zero-order valence-corrected chi connectivity index (χ0v) is 10.4. The highest BCUT2D eigenvalue weighted by atomic mass is 32.2. The summed E-state index contributed by atoms with van der Waals surface area (Å²) in [7, 11) is 0. The summed E-state index contributed by atoms with van der Waals surface area (Å²) in [6, 6.07) is 5.02. The number of H-pyrrole nitrogens is 1. The van der Waals surface area contributed by atoms with E-state index in [0.29, 0.717) is 11.7 Å². The van der Waals surface area contributed by atoms with Gasteiger partial charge in [-0.3, -0.25) is 9.78 Å². The molecule has 2 aromatic heterocycles. The zero-order chi connectivity index (χ0) is 13.0. The Hall–Kier alpha value is -1.86. The van der Waals surface area contributed by atoms with E-state index < -0.39 is 0 Å². The van der Waals surface area contributed by atoms with Crippen molar-refractivity contribution >= 4 is 17.6 Å². The first-order valence-electron chi connectivity index (χ1n) is 5.32. The van der Waals surface area contributed by atoms with Gasteiger partial charge in [-0.05, 0) is 11.6 Å². The number of aromatic nitrogens is 3. The fourth-order valence-electron chi connectivity index (χ4n) is 1.46. The van der Waals surface area contributed by atoms with Gasteiger partial charge in [0.1, 0.15) is 5.82 Å². The number of nitrogen functional groups attached to an aromatic ring is 1. The Morgan fingerprint density at radius 2 is 2.33 bits per heavy atom. The molecular weight excluding hydrogens is 250 g/mol. The van der Waals surface area contributed by atoms with Crippen LogP contribution in [-0.2, 0) is 0 Å². The molecule has 94 valence electrons. The summed E-state index contributed by atoms with van der Waals surface area (Å²) in [5.41, 5.74) is 12.0. The molecule has 2 heterocycles. The molecule has 0 aliphatic carbocycles. The number of hydrogen-bond acceptors (Lipinski definition) is 6. The van der Waals surface area contributed by atoms with Gasteiger partial charge in [-0.2, -0.15) is 0 Å². The van der Waals surface area contributed by atoms with E-state index in [4.69, 9.17) is 11.5 Å². The smallest absolute Gasteiger partial charge is 0.253 e. The van der Waals surface area contributed by atoms with Crippen molar-refractivity contribution in [3.63, 3.8) is 0 Å². The van der Waals surface area contributed by atoms with Crippen LogP contribution in [0.25, 0.3) is 0 Å². The van der Waals surface area contributed by atoms with Crippen molar-refractivity contribution in [2.75, 3.05) is 12.3 Å². The van der Waals surface area contributed by atoms with Gasteiger partial charge in [-0.15, -0.1) is 0 Å². The SMILES string of the molecule is NCC(Sc1nc(N)cc(=O)[nH]1)c1cccnc1. The minimum Gasteiger partial charge on any atom is -0.383 e. The number of anilines is 1. The van der Waals surface area contributed by atoms with Crippen LogP contribution in [0.4, 0.5) is 5.82 Å². The lowest BCUT2D eigenvalue weighted by Crippen LogP contribution is -2.13. The summed E-state index contributed by atoms with van der Waals surface area (Å²) >= 11 is 1.36. The molecule has 7 heteroatoms. The standard InChI is InChI=1S/C11H13N5OS/c12-5-8(7-2-1-3-14-6-7)18-11-15-9(13)4-10(17)16-11/h1-4,6,8H,5,12H2,(H3,13,15,16,17). The highest BCUT2D eigenvalue weighted by Crippen LogP contribution is 2.31. The van der Waals surface area contributed by atoms with E-state index in [1.807, 2.05) is 12.1 Å². The third-order valence-electron chi connectivity index (χ3n) is 2.26. The molecule has 1 atom stereocenters. The average molecular weight is 263 g/mol. The van der Waals surface area contributed by atoms with E-state index in [1.165, 1.54) is 17.8 Å². The topological polar surface area (TPSA) is 111 Å². The van der Waals surface area contributed by atoms with Gasteiger partial charge in [0.15, 0.2) is 5.16 Å². The van der Waals surface area contributed by atoms with Gasteiger partial charge in [0, 0.05) is 25.0 Å². The van der Waals surface area contributed by atoms with E-state index in [-0.39, 0.29) is 16.6 Å². The monoisotopic (exact) mass is 263 g/mol. The fourth-order valence-corrected chi connectivity index (χ4v) is 2.42. The summed E-state index contributed by atoms with van der Waals surface area (Å²) in [4.78, 5) is 22.0. The normalized spacial score (nSPS) is 12.3. The van der Waals surface area contributed by atoms with Crippen molar-refractivity contribution in [2.24, 2.45) is 5.73 Å². The summed E-state index contributed by atoms with van der Waals surface area (Å²) in [6.45, 7) is 0.412. The van der Waals surface area contributed by atoms with Crippen LogP contribution < -0.4 is 17.0 Å². The molecule has 0 amide bonds. The number of aromatic amines is 1. The van der Waals surface area contributed by atoms with Crippen molar-refractivity contribution in [2.45, 2.75) is 10.4 Å². The molecule has 0 saturated carbocycles. The Kier molecular flexibility index (Phi) is 3.96. The molecule has 0 fully saturated rings. The molecule has 1 unspecified atom stereocenters. The predicted octanol–water partition coefficient (Wildman–Crippen LogP) is 0.539. The first-order valence-corrected chi connectivity index (χ1v) is 6.20. The summed E-state index contributed by atoms with van der Waals surface area (Å²) in [5.74, 6) is 0.197. The quantitative estimate of drug-likeness (QED) is 0.548. The summed E-state index contributed by atoms with van der Waals surface area (Å²) < 4.78 is 0. The molecule has 6 nitrogen and oxygen atoms in total. The second-order valence-corrected chi connectivity index (χ2v) is 4.80. The minimum absolute atomic E-state index is 0.0244.